The predicted molar refractivity (Wildman–Crippen MR) is 120 cm³/mol. The quantitative estimate of drug-likeness (QED) is 0.278. The summed E-state index contributed by atoms with van der Waals surface area (Å²) in [7, 11) is 2.73. The summed E-state index contributed by atoms with van der Waals surface area (Å²) in [6.07, 6.45) is 2.95. The summed E-state index contributed by atoms with van der Waals surface area (Å²) in [6, 6.07) is 15.2. The van der Waals surface area contributed by atoms with Crippen LogP contribution in [0.3, 0.4) is 0 Å². The monoisotopic (exact) mass is 444 g/mol. The summed E-state index contributed by atoms with van der Waals surface area (Å²) in [5, 5.41) is 11.1. The van der Waals surface area contributed by atoms with Crippen molar-refractivity contribution in [2.75, 3.05) is 19.1 Å². The van der Waals surface area contributed by atoms with Gasteiger partial charge in [0.2, 0.25) is 0 Å². The molecule has 0 radical (unpaired) electrons. The van der Waals surface area contributed by atoms with Gasteiger partial charge in [0.25, 0.3) is 11.7 Å². The smallest absolute Gasteiger partial charge is 0.337 e. The summed E-state index contributed by atoms with van der Waals surface area (Å²) in [6.45, 7) is 0. The molecule has 3 aromatic rings. The highest BCUT2D eigenvalue weighted by Crippen LogP contribution is 2.44. The number of hydrogen-bond donors (Lipinski definition) is 1. The maximum absolute atomic E-state index is 13.2. The van der Waals surface area contributed by atoms with E-state index in [1.807, 2.05) is 0 Å². The normalized spacial score (nSPS) is 17.2. The Balaban J connectivity index is 1.97. The first-order valence-electron chi connectivity index (χ1n) is 10.0. The van der Waals surface area contributed by atoms with E-state index < -0.39 is 23.7 Å². The zero-order valence-electron chi connectivity index (χ0n) is 17.9. The average molecular weight is 444 g/mol. The largest absolute Gasteiger partial charge is 0.507 e. The Kier molecular flexibility index (Phi) is 5.91. The molecule has 0 spiro atoms. The van der Waals surface area contributed by atoms with Crippen molar-refractivity contribution in [3.8, 4) is 5.75 Å². The number of amides is 1. The van der Waals surface area contributed by atoms with Crippen molar-refractivity contribution in [3.05, 3.63) is 95.3 Å². The van der Waals surface area contributed by atoms with Gasteiger partial charge in [-0.05, 0) is 36.4 Å². The van der Waals surface area contributed by atoms with Crippen molar-refractivity contribution in [2.45, 2.75) is 6.04 Å². The maximum atomic E-state index is 13.2. The zero-order chi connectivity index (χ0) is 23.5. The van der Waals surface area contributed by atoms with Crippen LogP contribution in [-0.2, 0) is 14.3 Å². The van der Waals surface area contributed by atoms with Crippen LogP contribution in [0.25, 0.3) is 5.76 Å². The summed E-state index contributed by atoms with van der Waals surface area (Å²) >= 11 is 0. The van der Waals surface area contributed by atoms with Crippen LogP contribution < -0.4 is 9.64 Å². The molecule has 1 amide bonds. The molecule has 1 unspecified atom stereocenters. The third-order valence-corrected chi connectivity index (χ3v) is 5.38. The number of benzene rings is 2. The van der Waals surface area contributed by atoms with Gasteiger partial charge in [0.1, 0.15) is 11.5 Å². The van der Waals surface area contributed by atoms with Crippen molar-refractivity contribution in [1.82, 2.24) is 4.98 Å². The second-order valence-corrected chi connectivity index (χ2v) is 7.19. The number of Topliss-reactive ketones (excluding diaryl/α,β-unsaturated/α-hetero) is 1. The molecule has 2 heterocycles. The van der Waals surface area contributed by atoms with Crippen molar-refractivity contribution in [2.24, 2.45) is 0 Å². The molecule has 4 rings (SSSR count). The van der Waals surface area contributed by atoms with Crippen molar-refractivity contribution in [3.63, 3.8) is 0 Å². The standard InChI is InChI=1S/C25H20N2O6/c1-32-19-9-4-3-8-18(19)21-20(22(28)15-10-12-26-13-11-15)23(29)24(30)27(21)17-7-5-6-16(14-17)25(31)33-2/h3-14,21,28H,1-2H3/b22-20+. The third kappa shape index (κ3) is 3.82. The van der Waals surface area contributed by atoms with Crippen LogP contribution in [0.2, 0.25) is 0 Å². The molecule has 1 saturated heterocycles. The van der Waals surface area contributed by atoms with Crippen LogP contribution in [0.1, 0.15) is 27.5 Å². The fourth-order valence-corrected chi connectivity index (χ4v) is 3.85. The number of esters is 1. The lowest BCUT2D eigenvalue weighted by molar-refractivity contribution is -0.132. The van der Waals surface area contributed by atoms with Crippen LogP contribution in [0.4, 0.5) is 5.69 Å². The molecule has 1 atom stereocenters. The Morgan fingerprint density at radius 2 is 1.70 bits per heavy atom. The fourth-order valence-electron chi connectivity index (χ4n) is 3.85. The molecule has 1 N–H and O–H groups in total. The first kappa shape index (κ1) is 21.8. The number of carbonyl (C=O) groups is 3. The van der Waals surface area contributed by atoms with E-state index in [1.54, 1.807) is 54.6 Å². The van der Waals surface area contributed by atoms with Gasteiger partial charge in [-0.25, -0.2) is 4.79 Å². The predicted octanol–water partition coefficient (Wildman–Crippen LogP) is 3.50. The number of rotatable bonds is 5. The van der Waals surface area contributed by atoms with Crippen LogP contribution in [-0.4, -0.2) is 42.0 Å². The van der Waals surface area contributed by atoms with Crippen molar-refractivity contribution < 1.29 is 29.0 Å². The first-order valence-corrected chi connectivity index (χ1v) is 10.0. The van der Waals surface area contributed by atoms with Gasteiger partial charge in [-0.1, -0.05) is 24.3 Å². The van der Waals surface area contributed by atoms with E-state index in [-0.39, 0.29) is 16.9 Å². The van der Waals surface area contributed by atoms with Gasteiger partial charge < -0.3 is 14.6 Å². The number of anilines is 1. The second-order valence-electron chi connectivity index (χ2n) is 7.19. The van der Waals surface area contributed by atoms with Crippen molar-refractivity contribution >= 4 is 29.1 Å². The van der Waals surface area contributed by atoms with Crippen molar-refractivity contribution in [1.29, 1.82) is 0 Å². The molecule has 166 valence electrons. The lowest BCUT2D eigenvalue weighted by Crippen LogP contribution is -2.29. The Morgan fingerprint density at radius 3 is 2.39 bits per heavy atom. The summed E-state index contributed by atoms with van der Waals surface area (Å²) < 4.78 is 10.3. The molecular weight excluding hydrogens is 424 g/mol. The number of ether oxygens (including phenoxy) is 2. The van der Waals surface area contributed by atoms with E-state index in [2.05, 4.69) is 4.98 Å². The molecule has 0 aliphatic carbocycles. The van der Waals surface area contributed by atoms with Gasteiger partial charge >= 0.3 is 5.97 Å². The van der Waals surface area contributed by atoms with Crippen LogP contribution in [0, 0.1) is 0 Å². The van der Waals surface area contributed by atoms with E-state index in [0.717, 1.165) is 0 Å². The number of pyridine rings is 1. The van der Waals surface area contributed by atoms with E-state index in [4.69, 9.17) is 9.47 Å². The highest BCUT2D eigenvalue weighted by atomic mass is 16.5. The molecule has 0 saturated carbocycles. The molecule has 8 heteroatoms. The zero-order valence-corrected chi connectivity index (χ0v) is 17.9. The molecule has 1 fully saturated rings. The molecule has 1 aliphatic rings. The molecule has 33 heavy (non-hydrogen) atoms. The van der Waals surface area contributed by atoms with Gasteiger partial charge in [0.15, 0.2) is 0 Å². The molecule has 1 aliphatic heterocycles. The molecule has 0 bridgehead atoms. The van der Waals surface area contributed by atoms with E-state index in [9.17, 15) is 19.5 Å². The minimum absolute atomic E-state index is 0.0980. The average Bonchev–Trinajstić information content (AvgIpc) is 3.13. The highest BCUT2D eigenvalue weighted by molar-refractivity contribution is 6.51. The Bertz CT molecular complexity index is 1270. The number of aromatic nitrogens is 1. The minimum atomic E-state index is -0.998. The fraction of sp³-hybridized carbons (Fsp3) is 0.120. The van der Waals surface area contributed by atoms with Crippen LogP contribution in [0.5, 0.6) is 5.75 Å². The SMILES string of the molecule is COC(=O)c1cccc(N2C(=O)C(=O)/C(=C(/O)c3ccncc3)C2c2ccccc2OC)c1. The van der Waals surface area contributed by atoms with Gasteiger partial charge in [-0.2, -0.15) is 0 Å². The Labute approximate surface area is 189 Å². The van der Waals surface area contributed by atoms with E-state index >= 15 is 0 Å². The van der Waals surface area contributed by atoms with Gasteiger partial charge in [-0.15, -0.1) is 0 Å². The summed E-state index contributed by atoms with van der Waals surface area (Å²) in [5.41, 5.74) is 1.25. The molecule has 2 aromatic carbocycles. The van der Waals surface area contributed by atoms with E-state index in [1.165, 1.54) is 37.6 Å². The number of aliphatic hydroxyl groups is 1. The number of carbonyl (C=O) groups excluding carboxylic acids is 3. The van der Waals surface area contributed by atoms with Crippen LogP contribution >= 0.6 is 0 Å². The van der Waals surface area contributed by atoms with Crippen LogP contribution in [0.15, 0.2) is 78.6 Å². The van der Waals surface area contributed by atoms with Gasteiger partial charge in [-0.3, -0.25) is 19.5 Å². The summed E-state index contributed by atoms with van der Waals surface area (Å²) in [5.74, 6) is -2.19. The number of nitrogens with zero attached hydrogens (tertiary/aromatic N) is 2. The molecule has 1 aromatic heterocycles. The first-order chi connectivity index (χ1) is 16.0. The second kappa shape index (κ2) is 8.96. The lowest BCUT2D eigenvalue weighted by atomic mass is 9.94. The van der Waals surface area contributed by atoms with Gasteiger partial charge in [0, 0.05) is 29.2 Å². The molecular formula is C25H20N2O6. The number of methoxy groups -OCH3 is 2. The lowest BCUT2D eigenvalue weighted by Gasteiger charge is -2.27. The topological polar surface area (TPSA) is 106 Å². The highest BCUT2D eigenvalue weighted by Gasteiger charge is 2.48. The van der Waals surface area contributed by atoms with E-state index in [0.29, 0.717) is 22.6 Å². The Hall–Kier alpha value is -4.46. The number of para-hydroxylation sites is 1. The minimum Gasteiger partial charge on any atom is -0.507 e. The number of ketones is 1. The molecule has 8 nitrogen and oxygen atoms in total. The maximum Gasteiger partial charge on any atom is 0.337 e. The third-order valence-electron chi connectivity index (χ3n) is 5.38. The number of hydrogen-bond acceptors (Lipinski definition) is 7. The number of aliphatic hydroxyl groups excluding tert-OH is 1. The summed E-state index contributed by atoms with van der Waals surface area (Å²) in [4.78, 5) is 43.7. The van der Waals surface area contributed by atoms with Gasteiger partial charge in [0.05, 0.1) is 31.4 Å². The Morgan fingerprint density at radius 1 is 0.970 bits per heavy atom.